The summed E-state index contributed by atoms with van der Waals surface area (Å²) < 4.78 is 28.1. The maximum atomic E-state index is 13.4. The first-order valence-electron chi connectivity index (χ1n) is 7.43. The van der Waals surface area contributed by atoms with Crippen LogP contribution in [0.1, 0.15) is 29.2 Å². The minimum Gasteiger partial charge on any atom is -0.366 e. The molecule has 2 heterocycles. The number of anilines is 1. The van der Waals surface area contributed by atoms with Gasteiger partial charge in [0.1, 0.15) is 12.1 Å². The summed E-state index contributed by atoms with van der Waals surface area (Å²) in [4.78, 5) is 8.50. The van der Waals surface area contributed by atoms with Crippen molar-refractivity contribution in [3.63, 3.8) is 0 Å². The van der Waals surface area contributed by atoms with Gasteiger partial charge in [-0.3, -0.25) is 0 Å². The Hall–Kier alpha value is -2.57. The first kappa shape index (κ1) is 14.0. The van der Waals surface area contributed by atoms with E-state index < -0.39 is 11.6 Å². The average molecular weight is 315 g/mol. The minimum absolute atomic E-state index is 0.160. The Bertz CT molecular complexity index is 905. The fraction of sp³-hybridized carbons (Fsp3) is 0.312. The highest BCUT2D eigenvalue weighted by Gasteiger charge is 2.39. The van der Waals surface area contributed by atoms with Gasteiger partial charge in [0.05, 0.1) is 0 Å². The Morgan fingerprint density at radius 3 is 2.83 bits per heavy atom. The molecule has 1 N–H and O–H groups in total. The first-order valence-corrected chi connectivity index (χ1v) is 7.43. The highest BCUT2D eigenvalue weighted by molar-refractivity contribution is 5.54. The summed E-state index contributed by atoms with van der Waals surface area (Å²) in [6, 6.07) is 4.25. The van der Waals surface area contributed by atoms with E-state index in [9.17, 15) is 8.78 Å². The van der Waals surface area contributed by atoms with Gasteiger partial charge >= 0.3 is 0 Å². The summed E-state index contributed by atoms with van der Waals surface area (Å²) in [7, 11) is 0. The number of hydrogen-bond acceptors (Lipinski definition) is 4. The number of benzene rings is 1. The van der Waals surface area contributed by atoms with Crippen LogP contribution < -0.4 is 5.32 Å². The van der Waals surface area contributed by atoms with Crippen molar-refractivity contribution in [3.05, 3.63) is 53.0 Å². The van der Waals surface area contributed by atoms with Crippen LogP contribution in [0.25, 0.3) is 5.78 Å². The molecule has 5 nitrogen and oxygen atoms in total. The van der Waals surface area contributed by atoms with Crippen LogP contribution in [0.15, 0.2) is 24.5 Å². The first-order chi connectivity index (χ1) is 11.0. The van der Waals surface area contributed by atoms with E-state index in [1.807, 2.05) is 13.8 Å². The zero-order valence-electron chi connectivity index (χ0n) is 12.7. The SMILES string of the molecule is Cc1nc2ncnn2c(N[C@H]2C[C@@H]2c2ccc(F)c(F)c2)c1C. The standard InChI is InChI=1S/C16H15F2N5/c1-8-9(2)21-16-19-7-20-23(16)15(8)22-14-6-11(14)10-3-4-12(17)13(18)5-10/h3-5,7,11,14,22H,6H2,1-2H3/t11-,14+/m1/s1. The molecule has 0 saturated heterocycles. The second-order valence-electron chi connectivity index (χ2n) is 5.91. The zero-order valence-corrected chi connectivity index (χ0v) is 12.7. The molecule has 3 aromatic rings. The molecule has 0 spiro atoms. The van der Waals surface area contributed by atoms with Crippen LogP contribution in [0.3, 0.4) is 0 Å². The summed E-state index contributed by atoms with van der Waals surface area (Å²) in [5.74, 6) is -0.0659. The molecule has 0 amide bonds. The van der Waals surface area contributed by atoms with Crippen molar-refractivity contribution < 1.29 is 8.78 Å². The lowest BCUT2D eigenvalue weighted by Gasteiger charge is -2.12. The van der Waals surface area contributed by atoms with Crippen LogP contribution in [-0.2, 0) is 0 Å². The molecule has 1 aliphatic rings. The van der Waals surface area contributed by atoms with Gasteiger partial charge in [0.15, 0.2) is 11.6 Å². The summed E-state index contributed by atoms with van der Waals surface area (Å²) in [5.41, 5.74) is 2.69. The quantitative estimate of drug-likeness (QED) is 0.807. The van der Waals surface area contributed by atoms with Gasteiger partial charge in [-0.05, 0) is 38.0 Å². The van der Waals surface area contributed by atoms with E-state index in [-0.39, 0.29) is 12.0 Å². The Balaban J connectivity index is 1.62. The zero-order chi connectivity index (χ0) is 16.1. The molecule has 4 rings (SSSR count). The molecule has 1 fully saturated rings. The maximum absolute atomic E-state index is 13.4. The van der Waals surface area contributed by atoms with E-state index in [1.54, 1.807) is 10.6 Å². The van der Waals surface area contributed by atoms with Crippen LogP contribution in [0, 0.1) is 25.5 Å². The number of nitrogens with zero attached hydrogens (tertiary/aromatic N) is 4. The maximum Gasteiger partial charge on any atom is 0.254 e. The molecule has 23 heavy (non-hydrogen) atoms. The lowest BCUT2D eigenvalue weighted by Crippen LogP contribution is -2.12. The minimum atomic E-state index is -0.816. The van der Waals surface area contributed by atoms with Gasteiger partial charge in [-0.15, -0.1) is 0 Å². The predicted molar refractivity (Wildman–Crippen MR) is 81.4 cm³/mol. The lowest BCUT2D eigenvalue weighted by atomic mass is 10.1. The number of hydrogen-bond donors (Lipinski definition) is 1. The summed E-state index contributed by atoms with van der Waals surface area (Å²) in [6.45, 7) is 3.90. The number of nitrogens with one attached hydrogen (secondary N) is 1. The largest absolute Gasteiger partial charge is 0.366 e. The Kier molecular flexibility index (Phi) is 3.04. The fourth-order valence-electron chi connectivity index (χ4n) is 2.84. The van der Waals surface area contributed by atoms with Gasteiger partial charge in [-0.1, -0.05) is 6.07 Å². The fourth-order valence-corrected chi connectivity index (χ4v) is 2.84. The molecule has 118 valence electrons. The van der Waals surface area contributed by atoms with Crippen LogP contribution >= 0.6 is 0 Å². The topological polar surface area (TPSA) is 55.1 Å². The van der Waals surface area contributed by atoms with Crippen LogP contribution in [-0.4, -0.2) is 25.6 Å². The number of fused-ring (bicyclic) bond motifs is 1. The van der Waals surface area contributed by atoms with Gasteiger partial charge in [-0.25, -0.2) is 13.8 Å². The molecule has 1 aromatic carbocycles. The number of aryl methyl sites for hydroxylation is 1. The third-order valence-electron chi connectivity index (χ3n) is 4.39. The van der Waals surface area contributed by atoms with E-state index in [0.717, 1.165) is 29.1 Å². The van der Waals surface area contributed by atoms with Crippen molar-refractivity contribution >= 4 is 11.6 Å². The molecular formula is C16H15F2N5. The average Bonchev–Trinajstić information content (AvgIpc) is 3.14. The second kappa shape index (κ2) is 4.97. The number of halogens is 2. The van der Waals surface area contributed by atoms with E-state index in [2.05, 4.69) is 20.4 Å². The molecule has 0 bridgehead atoms. The summed E-state index contributed by atoms with van der Waals surface area (Å²) in [6.07, 6.45) is 2.33. The highest BCUT2D eigenvalue weighted by atomic mass is 19.2. The number of aromatic nitrogens is 4. The molecule has 0 unspecified atom stereocenters. The molecule has 0 aliphatic heterocycles. The predicted octanol–water partition coefficient (Wildman–Crippen LogP) is 2.99. The third kappa shape index (κ3) is 2.32. The Morgan fingerprint density at radius 1 is 1.22 bits per heavy atom. The van der Waals surface area contributed by atoms with E-state index >= 15 is 0 Å². The Morgan fingerprint density at radius 2 is 2.04 bits per heavy atom. The van der Waals surface area contributed by atoms with Crippen molar-refractivity contribution in [1.82, 2.24) is 19.6 Å². The van der Waals surface area contributed by atoms with E-state index in [0.29, 0.717) is 5.78 Å². The van der Waals surface area contributed by atoms with Gasteiger partial charge in [-0.2, -0.15) is 14.6 Å². The smallest absolute Gasteiger partial charge is 0.254 e. The molecule has 1 aliphatic carbocycles. The van der Waals surface area contributed by atoms with Crippen molar-refractivity contribution in [2.45, 2.75) is 32.2 Å². The Labute approximate surface area is 131 Å². The van der Waals surface area contributed by atoms with Crippen LogP contribution in [0.4, 0.5) is 14.6 Å². The van der Waals surface area contributed by atoms with Crippen molar-refractivity contribution in [1.29, 1.82) is 0 Å². The second-order valence-corrected chi connectivity index (χ2v) is 5.91. The van der Waals surface area contributed by atoms with Crippen molar-refractivity contribution in [2.75, 3.05) is 5.32 Å². The number of rotatable bonds is 3. The molecule has 7 heteroatoms. The van der Waals surface area contributed by atoms with Crippen LogP contribution in [0.5, 0.6) is 0 Å². The van der Waals surface area contributed by atoms with E-state index in [4.69, 9.17) is 0 Å². The van der Waals surface area contributed by atoms with Gasteiger partial charge in [0.25, 0.3) is 5.78 Å². The van der Waals surface area contributed by atoms with Gasteiger partial charge in [0, 0.05) is 23.2 Å². The third-order valence-corrected chi connectivity index (χ3v) is 4.39. The monoisotopic (exact) mass is 315 g/mol. The van der Waals surface area contributed by atoms with Gasteiger partial charge in [0.2, 0.25) is 0 Å². The molecular weight excluding hydrogens is 300 g/mol. The van der Waals surface area contributed by atoms with Crippen molar-refractivity contribution in [3.8, 4) is 0 Å². The summed E-state index contributed by atoms with van der Waals surface area (Å²) in [5, 5.41) is 7.64. The van der Waals surface area contributed by atoms with E-state index in [1.165, 1.54) is 18.5 Å². The van der Waals surface area contributed by atoms with Crippen molar-refractivity contribution in [2.24, 2.45) is 0 Å². The molecule has 2 atom stereocenters. The molecule has 0 radical (unpaired) electrons. The highest BCUT2D eigenvalue weighted by Crippen LogP contribution is 2.43. The van der Waals surface area contributed by atoms with Gasteiger partial charge < -0.3 is 5.32 Å². The lowest BCUT2D eigenvalue weighted by molar-refractivity contribution is 0.507. The van der Waals surface area contributed by atoms with Crippen LogP contribution in [0.2, 0.25) is 0 Å². The summed E-state index contributed by atoms with van der Waals surface area (Å²) >= 11 is 0. The molecule has 2 aromatic heterocycles. The normalized spacial score (nSPS) is 20.0. The molecule has 1 saturated carbocycles.